The first-order valence-electron chi connectivity index (χ1n) is 4.94. The van der Waals surface area contributed by atoms with Crippen LogP contribution in [-0.2, 0) is 0 Å². The van der Waals surface area contributed by atoms with Gasteiger partial charge in [-0.15, -0.1) is 36.2 Å². The molecule has 0 aliphatic heterocycles. The molecule has 4 nitrogen and oxygen atoms in total. The third-order valence-electron chi connectivity index (χ3n) is 2.17. The third-order valence-corrected chi connectivity index (χ3v) is 3.24. The lowest BCUT2D eigenvalue weighted by Crippen LogP contribution is -2.37. The maximum Gasteiger partial charge on any atom is 0.263 e. The largest absolute Gasteiger partial charge is 0.350 e. The molecule has 0 aromatic carbocycles. The van der Waals surface area contributed by atoms with Gasteiger partial charge in [-0.25, -0.2) is 4.98 Å². The molecule has 100 valence electrons. The summed E-state index contributed by atoms with van der Waals surface area (Å²) in [5, 5.41) is 6.87. The Morgan fingerprint density at radius 2 is 2.00 bits per heavy atom. The van der Waals surface area contributed by atoms with Crippen LogP contribution in [0, 0.1) is 13.8 Å². The second kappa shape index (κ2) is 8.69. The molecule has 0 spiro atoms. The van der Waals surface area contributed by atoms with Gasteiger partial charge in [0.05, 0.1) is 10.7 Å². The fourth-order valence-electron chi connectivity index (χ4n) is 1.17. The number of carbonyl (C=O) groups is 1. The van der Waals surface area contributed by atoms with Crippen molar-refractivity contribution in [3.05, 3.63) is 15.6 Å². The van der Waals surface area contributed by atoms with Gasteiger partial charge in [-0.1, -0.05) is 0 Å². The first-order valence-corrected chi connectivity index (χ1v) is 5.75. The topological polar surface area (TPSA) is 54.0 Å². The lowest BCUT2D eigenvalue weighted by Gasteiger charge is -2.10. The minimum Gasteiger partial charge on any atom is -0.350 e. The number of rotatable bonds is 4. The van der Waals surface area contributed by atoms with Gasteiger partial charge in [-0.3, -0.25) is 4.79 Å². The quantitative estimate of drug-likeness (QED) is 0.893. The lowest BCUT2D eigenvalue weighted by atomic mass is 10.3. The molecule has 1 atom stereocenters. The average Bonchev–Trinajstić information content (AvgIpc) is 2.53. The molecule has 0 fully saturated rings. The van der Waals surface area contributed by atoms with Crippen molar-refractivity contribution >= 4 is 42.1 Å². The van der Waals surface area contributed by atoms with Crippen LogP contribution in [0.3, 0.4) is 0 Å². The molecule has 1 unspecified atom stereocenters. The predicted octanol–water partition coefficient (Wildman–Crippen LogP) is 1.94. The van der Waals surface area contributed by atoms with Crippen LogP contribution >= 0.6 is 36.2 Å². The minimum atomic E-state index is -0.0276. The monoisotopic (exact) mass is 299 g/mol. The SMILES string of the molecule is CNC(C)CNC(=O)c1sc(C)nc1C.Cl.Cl. The molecule has 0 radical (unpaired) electrons. The number of amides is 1. The van der Waals surface area contributed by atoms with Gasteiger partial charge in [0, 0.05) is 12.6 Å². The molecular weight excluding hydrogens is 281 g/mol. The molecule has 1 heterocycles. The lowest BCUT2D eigenvalue weighted by molar-refractivity contribution is 0.0954. The summed E-state index contributed by atoms with van der Waals surface area (Å²) >= 11 is 1.44. The van der Waals surface area contributed by atoms with Crippen LogP contribution in [0.2, 0.25) is 0 Å². The Labute approximate surface area is 118 Å². The Balaban J connectivity index is 0. The van der Waals surface area contributed by atoms with Gasteiger partial charge in [-0.05, 0) is 27.8 Å². The zero-order valence-electron chi connectivity index (χ0n) is 10.4. The van der Waals surface area contributed by atoms with Crippen molar-refractivity contribution in [3.8, 4) is 0 Å². The average molecular weight is 300 g/mol. The van der Waals surface area contributed by atoms with E-state index in [2.05, 4.69) is 15.6 Å². The number of aryl methyl sites for hydroxylation is 2. The number of likely N-dealkylation sites (N-methyl/N-ethyl adjacent to an activating group) is 1. The number of nitrogens with zero attached hydrogens (tertiary/aromatic N) is 1. The van der Waals surface area contributed by atoms with E-state index in [0.29, 0.717) is 6.54 Å². The minimum absolute atomic E-state index is 0. The van der Waals surface area contributed by atoms with E-state index in [4.69, 9.17) is 0 Å². The van der Waals surface area contributed by atoms with E-state index in [-0.39, 0.29) is 36.8 Å². The standard InChI is InChI=1S/C10H17N3OS.2ClH/c1-6(11-4)5-12-10(14)9-7(2)13-8(3)15-9;;/h6,11H,5H2,1-4H3,(H,12,14);2*1H. The predicted molar refractivity (Wildman–Crippen MR) is 76.9 cm³/mol. The van der Waals surface area contributed by atoms with Crippen LogP contribution in [0.25, 0.3) is 0 Å². The van der Waals surface area contributed by atoms with Crippen LogP contribution in [0.15, 0.2) is 0 Å². The van der Waals surface area contributed by atoms with E-state index >= 15 is 0 Å². The van der Waals surface area contributed by atoms with E-state index < -0.39 is 0 Å². The summed E-state index contributed by atoms with van der Waals surface area (Å²) in [6.07, 6.45) is 0. The van der Waals surface area contributed by atoms with Crippen LogP contribution < -0.4 is 10.6 Å². The van der Waals surface area contributed by atoms with Crippen LogP contribution in [0.5, 0.6) is 0 Å². The maximum atomic E-state index is 11.7. The highest BCUT2D eigenvalue weighted by Crippen LogP contribution is 2.16. The molecule has 2 N–H and O–H groups in total. The van der Waals surface area contributed by atoms with Gasteiger partial charge in [0.15, 0.2) is 0 Å². The highest BCUT2D eigenvalue weighted by molar-refractivity contribution is 7.13. The number of thiazole rings is 1. The zero-order valence-corrected chi connectivity index (χ0v) is 12.8. The molecule has 0 aliphatic carbocycles. The molecule has 1 rings (SSSR count). The summed E-state index contributed by atoms with van der Waals surface area (Å²) < 4.78 is 0. The highest BCUT2D eigenvalue weighted by atomic mass is 35.5. The summed E-state index contributed by atoms with van der Waals surface area (Å²) in [4.78, 5) is 16.7. The van der Waals surface area contributed by atoms with Crippen molar-refractivity contribution in [2.45, 2.75) is 26.8 Å². The van der Waals surface area contributed by atoms with Crippen molar-refractivity contribution in [1.29, 1.82) is 0 Å². The maximum absolute atomic E-state index is 11.7. The first kappa shape index (κ1) is 19.0. The van der Waals surface area contributed by atoms with E-state index in [1.807, 2.05) is 27.8 Å². The number of halogens is 2. The number of nitrogens with one attached hydrogen (secondary N) is 2. The normalized spacial score (nSPS) is 11.1. The van der Waals surface area contributed by atoms with Crippen LogP contribution in [0.1, 0.15) is 27.3 Å². The highest BCUT2D eigenvalue weighted by Gasteiger charge is 2.13. The summed E-state index contributed by atoms with van der Waals surface area (Å²) in [6.45, 7) is 6.42. The van der Waals surface area contributed by atoms with Gasteiger partial charge >= 0.3 is 0 Å². The summed E-state index contributed by atoms with van der Waals surface area (Å²) in [7, 11) is 1.87. The third kappa shape index (κ3) is 5.68. The molecule has 0 saturated heterocycles. The summed E-state index contributed by atoms with van der Waals surface area (Å²) in [5.74, 6) is -0.0276. The van der Waals surface area contributed by atoms with Crippen molar-refractivity contribution in [2.75, 3.05) is 13.6 Å². The fourth-order valence-corrected chi connectivity index (χ4v) is 2.01. The van der Waals surface area contributed by atoms with Gasteiger partial charge in [0.1, 0.15) is 4.88 Å². The Bertz CT molecular complexity index is 357. The Morgan fingerprint density at radius 1 is 1.41 bits per heavy atom. The smallest absolute Gasteiger partial charge is 0.263 e. The summed E-state index contributed by atoms with van der Waals surface area (Å²) in [6, 6.07) is 0.281. The van der Waals surface area contributed by atoms with Gasteiger partial charge in [-0.2, -0.15) is 0 Å². The van der Waals surface area contributed by atoms with E-state index in [9.17, 15) is 4.79 Å². The van der Waals surface area contributed by atoms with Crippen LogP contribution in [0.4, 0.5) is 0 Å². The number of carbonyl (C=O) groups excluding carboxylic acids is 1. The van der Waals surface area contributed by atoms with E-state index in [1.165, 1.54) is 11.3 Å². The Morgan fingerprint density at radius 3 is 2.41 bits per heavy atom. The molecule has 1 aromatic heterocycles. The molecule has 1 aromatic rings. The molecule has 17 heavy (non-hydrogen) atoms. The van der Waals surface area contributed by atoms with Crippen molar-refractivity contribution in [3.63, 3.8) is 0 Å². The second-order valence-electron chi connectivity index (χ2n) is 3.55. The molecule has 0 bridgehead atoms. The van der Waals surface area contributed by atoms with Crippen molar-refractivity contribution < 1.29 is 4.79 Å². The second-order valence-corrected chi connectivity index (χ2v) is 4.75. The van der Waals surface area contributed by atoms with Crippen LogP contribution in [-0.4, -0.2) is 30.5 Å². The summed E-state index contributed by atoms with van der Waals surface area (Å²) in [5.41, 5.74) is 0.812. The molecule has 0 aliphatic rings. The molecule has 7 heteroatoms. The van der Waals surface area contributed by atoms with Crippen molar-refractivity contribution in [2.24, 2.45) is 0 Å². The number of aromatic nitrogens is 1. The first-order chi connectivity index (χ1) is 7.04. The number of hydrogen-bond acceptors (Lipinski definition) is 4. The fraction of sp³-hybridized carbons (Fsp3) is 0.600. The Kier molecular flexibility index (Phi) is 9.71. The molecule has 0 saturated carbocycles. The van der Waals surface area contributed by atoms with E-state index in [0.717, 1.165) is 15.6 Å². The number of hydrogen-bond donors (Lipinski definition) is 2. The van der Waals surface area contributed by atoms with Gasteiger partial charge in [0.25, 0.3) is 5.91 Å². The van der Waals surface area contributed by atoms with Gasteiger partial charge in [0.2, 0.25) is 0 Å². The molecule has 1 amide bonds. The molecular formula is C10H19Cl2N3OS. The van der Waals surface area contributed by atoms with Crippen molar-refractivity contribution in [1.82, 2.24) is 15.6 Å². The van der Waals surface area contributed by atoms with Gasteiger partial charge < -0.3 is 10.6 Å². The van der Waals surface area contributed by atoms with E-state index in [1.54, 1.807) is 0 Å². The Hall–Kier alpha value is -0.360. The zero-order chi connectivity index (χ0) is 11.4.